The summed E-state index contributed by atoms with van der Waals surface area (Å²) < 4.78 is 1.56. The molecule has 2 aromatic heterocycles. The summed E-state index contributed by atoms with van der Waals surface area (Å²) in [5, 5.41) is 18.1. The van der Waals surface area contributed by atoms with E-state index in [-0.39, 0.29) is 5.84 Å². The SMILES string of the molecule is N=C(N)Cc1ccn2nnnc2c1. The lowest BCUT2D eigenvalue weighted by molar-refractivity contribution is 0.822. The van der Waals surface area contributed by atoms with Crippen LogP contribution in [0, 0.1) is 5.41 Å². The average molecular weight is 176 g/mol. The Morgan fingerprint density at radius 2 is 2.46 bits per heavy atom. The first-order valence-electron chi connectivity index (χ1n) is 3.75. The van der Waals surface area contributed by atoms with Gasteiger partial charge in [0.1, 0.15) is 0 Å². The summed E-state index contributed by atoms with van der Waals surface area (Å²) in [5.74, 6) is 0.136. The second-order valence-electron chi connectivity index (χ2n) is 2.72. The van der Waals surface area contributed by atoms with Crippen LogP contribution in [0.5, 0.6) is 0 Å². The molecule has 0 aromatic carbocycles. The summed E-state index contributed by atoms with van der Waals surface area (Å²) in [6.07, 6.45) is 2.18. The van der Waals surface area contributed by atoms with Crippen LogP contribution < -0.4 is 5.73 Å². The first kappa shape index (κ1) is 7.66. The fourth-order valence-electron chi connectivity index (χ4n) is 1.11. The Morgan fingerprint density at radius 3 is 3.23 bits per heavy atom. The summed E-state index contributed by atoms with van der Waals surface area (Å²) in [6.45, 7) is 0. The molecule has 0 unspecified atom stereocenters. The lowest BCUT2D eigenvalue weighted by Crippen LogP contribution is -2.12. The van der Waals surface area contributed by atoms with E-state index in [1.54, 1.807) is 16.8 Å². The molecule has 0 aliphatic carbocycles. The predicted molar refractivity (Wildman–Crippen MR) is 46.4 cm³/mol. The van der Waals surface area contributed by atoms with Crippen molar-refractivity contribution in [2.75, 3.05) is 0 Å². The van der Waals surface area contributed by atoms with E-state index in [0.29, 0.717) is 12.1 Å². The number of nitrogens with two attached hydrogens (primary N) is 1. The van der Waals surface area contributed by atoms with Crippen LogP contribution in [-0.2, 0) is 6.42 Å². The van der Waals surface area contributed by atoms with Crippen LogP contribution in [0.15, 0.2) is 18.3 Å². The highest BCUT2D eigenvalue weighted by molar-refractivity contribution is 5.79. The third-order valence-corrected chi connectivity index (χ3v) is 1.66. The second kappa shape index (κ2) is 2.81. The molecular weight excluding hydrogens is 168 g/mol. The number of nitrogens with zero attached hydrogens (tertiary/aromatic N) is 4. The van der Waals surface area contributed by atoms with Crippen molar-refractivity contribution in [1.82, 2.24) is 20.0 Å². The minimum Gasteiger partial charge on any atom is -0.387 e. The monoisotopic (exact) mass is 176 g/mol. The first-order valence-corrected chi connectivity index (χ1v) is 3.75. The van der Waals surface area contributed by atoms with E-state index in [1.165, 1.54) is 0 Å². The summed E-state index contributed by atoms with van der Waals surface area (Å²) in [5.41, 5.74) is 6.87. The van der Waals surface area contributed by atoms with Gasteiger partial charge >= 0.3 is 0 Å². The van der Waals surface area contributed by atoms with Gasteiger partial charge in [-0.05, 0) is 28.1 Å². The number of hydrogen-bond donors (Lipinski definition) is 2. The lowest BCUT2D eigenvalue weighted by Gasteiger charge is -1.97. The van der Waals surface area contributed by atoms with Crippen LogP contribution in [0.1, 0.15) is 5.56 Å². The topological polar surface area (TPSA) is 93.0 Å². The first-order chi connectivity index (χ1) is 6.25. The maximum Gasteiger partial charge on any atom is 0.179 e. The van der Waals surface area contributed by atoms with Crippen LogP contribution in [0.4, 0.5) is 0 Å². The van der Waals surface area contributed by atoms with Gasteiger partial charge in [0.25, 0.3) is 0 Å². The Bertz CT molecular complexity index is 445. The van der Waals surface area contributed by atoms with E-state index >= 15 is 0 Å². The van der Waals surface area contributed by atoms with Gasteiger partial charge in [-0.1, -0.05) is 0 Å². The van der Waals surface area contributed by atoms with Gasteiger partial charge in [-0.2, -0.15) is 0 Å². The van der Waals surface area contributed by atoms with Gasteiger partial charge in [0.05, 0.1) is 5.84 Å². The highest BCUT2D eigenvalue weighted by Crippen LogP contribution is 2.03. The Labute approximate surface area is 73.9 Å². The molecule has 0 bridgehead atoms. The quantitative estimate of drug-likeness (QED) is 0.481. The molecule has 3 N–H and O–H groups in total. The smallest absolute Gasteiger partial charge is 0.179 e. The average Bonchev–Trinajstić information content (AvgIpc) is 2.49. The van der Waals surface area contributed by atoms with E-state index < -0.39 is 0 Å². The molecule has 0 spiro atoms. The molecule has 2 heterocycles. The van der Waals surface area contributed by atoms with Crippen LogP contribution in [0.2, 0.25) is 0 Å². The van der Waals surface area contributed by atoms with Gasteiger partial charge in [-0.15, -0.1) is 5.10 Å². The Hall–Kier alpha value is -1.98. The van der Waals surface area contributed by atoms with Crippen LogP contribution in [-0.4, -0.2) is 25.9 Å². The van der Waals surface area contributed by atoms with Crippen molar-refractivity contribution in [1.29, 1.82) is 5.41 Å². The minimum atomic E-state index is 0.136. The fraction of sp³-hybridized carbons (Fsp3) is 0.143. The zero-order chi connectivity index (χ0) is 9.26. The number of amidine groups is 1. The molecule has 0 aliphatic heterocycles. The molecule has 2 rings (SSSR count). The molecular formula is C7H8N6. The summed E-state index contributed by atoms with van der Waals surface area (Å²) in [7, 11) is 0. The highest BCUT2D eigenvalue weighted by Gasteiger charge is 1.99. The van der Waals surface area contributed by atoms with Gasteiger partial charge in [-0.3, -0.25) is 5.41 Å². The molecule has 66 valence electrons. The van der Waals surface area contributed by atoms with Crippen LogP contribution in [0.3, 0.4) is 0 Å². The zero-order valence-corrected chi connectivity index (χ0v) is 6.81. The number of rotatable bonds is 2. The van der Waals surface area contributed by atoms with E-state index in [9.17, 15) is 0 Å². The van der Waals surface area contributed by atoms with Gasteiger partial charge < -0.3 is 5.73 Å². The van der Waals surface area contributed by atoms with E-state index in [4.69, 9.17) is 11.1 Å². The summed E-state index contributed by atoms with van der Waals surface area (Å²) in [4.78, 5) is 0. The van der Waals surface area contributed by atoms with Crippen molar-refractivity contribution in [3.05, 3.63) is 23.9 Å². The van der Waals surface area contributed by atoms with Crippen molar-refractivity contribution in [3.63, 3.8) is 0 Å². The Kier molecular flexibility index (Phi) is 1.66. The zero-order valence-electron chi connectivity index (χ0n) is 6.81. The van der Waals surface area contributed by atoms with E-state index in [2.05, 4.69) is 15.5 Å². The summed E-state index contributed by atoms with van der Waals surface area (Å²) >= 11 is 0. The molecule has 0 radical (unpaired) electrons. The maximum atomic E-state index is 7.12. The molecule has 0 atom stereocenters. The number of pyridine rings is 1. The number of aromatic nitrogens is 4. The largest absolute Gasteiger partial charge is 0.387 e. The molecule has 0 saturated carbocycles. The van der Waals surface area contributed by atoms with Crippen molar-refractivity contribution in [2.24, 2.45) is 5.73 Å². The number of nitrogens with one attached hydrogen (secondary N) is 1. The van der Waals surface area contributed by atoms with Gasteiger partial charge in [-0.25, -0.2) is 4.52 Å². The third kappa shape index (κ3) is 1.46. The molecule has 2 aromatic rings. The third-order valence-electron chi connectivity index (χ3n) is 1.66. The summed E-state index contributed by atoms with van der Waals surface area (Å²) in [6, 6.07) is 3.64. The fourth-order valence-corrected chi connectivity index (χ4v) is 1.11. The van der Waals surface area contributed by atoms with Crippen molar-refractivity contribution in [3.8, 4) is 0 Å². The van der Waals surface area contributed by atoms with Crippen LogP contribution >= 0.6 is 0 Å². The highest BCUT2D eigenvalue weighted by atomic mass is 15.5. The number of tetrazole rings is 1. The van der Waals surface area contributed by atoms with Gasteiger partial charge in [0, 0.05) is 12.6 Å². The Morgan fingerprint density at radius 1 is 1.62 bits per heavy atom. The van der Waals surface area contributed by atoms with Crippen molar-refractivity contribution < 1.29 is 0 Å². The van der Waals surface area contributed by atoms with Crippen LogP contribution in [0.25, 0.3) is 5.65 Å². The van der Waals surface area contributed by atoms with E-state index in [0.717, 1.165) is 5.56 Å². The van der Waals surface area contributed by atoms with Gasteiger partial charge in [0.15, 0.2) is 5.65 Å². The second-order valence-corrected chi connectivity index (χ2v) is 2.72. The van der Waals surface area contributed by atoms with Crippen molar-refractivity contribution >= 4 is 11.5 Å². The van der Waals surface area contributed by atoms with Gasteiger partial charge in [0.2, 0.25) is 0 Å². The predicted octanol–water partition coefficient (Wildman–Crippen LogP) is -0.397. The molecule has 0 saturated heterocycles. The maximum absolute atomic E-state index is 7.12. The Balaban J connectivity index is 2.42. The normalized spacial score (nSPS) is 10.5. The number of hydrogen-bond acceptors (Lipinski definition) is 4. The van der Waals surface area contributed by atoms with E-state index in [1.807, 2.05) is 6.07 Å². The lowest BCUT2D eigenvalue weighted by atomic mass is 10.2. The molecule has 13 heavy (non-hydrogen) atoms. The molecule has 0 amide bonds. The van der Waals surface area contributed by atoms with Crippen molar-refractivity contribution in [2.45, 2.75) is 6.42 Å². The molecule has 6 nitrogen and oxygen atoms in total. The standard InChI is InChI=1S/C7H8N6/c8-6(9)3-5-1-2-13-7(4-5)10-11-12-13/h1-2,4H,3H2,(H3,8,9). The molecule has 0 aliphatic rings. The number of fused-ring (bicyclic) bond motifs is 1. The minimum absolute atomic E-state index is 0.136. The molecule has 6 heteroatoms. The molecule has 0 fully saturated rings.